The average molecular weight is 390 g/mol. The lowest BCUT2D eigenvalue weighted by atomic mass is 10.0. The van der Waals surface area contributed by atoms with Crippen molar-refractivity contribution in [3.63, 3.8) is 0 Å². The van der Waals surface area contributed by atoms with Gasteiger partial charge in [-0.05, 0) is 41.3 Å². The lowest BCUT2D eigenvalue weighted by Crippen LogP contribution is -2.30. The number of aliphatic hydroxyl groups is 1. The van der Waals surface area contributed by atoms with Crippen molar-refractivity contribution in [2.45, 2.75) is 6.04 Å². The zero-order valence-corrected chi connectivity index (χ0v) is 15.7. The molecule has 2 amide bonds. The van der Waals surface area contributed by atoms with Crippen LogP contribution in [0.3, 0.4) is 0 Å². The third kappa shape index (κ3) is 3.60. The third-order valence-electron chi connectivity index (χ3n) is 4.58. The normalized spacial score (nSPS) is 15.2. The first-order valence-corrected chi connectivity index (χ1v) is 9.71. The van der Waals surface area contributed by atoms with Crippen LogP contribution in [-0.2, 0) is 4.79 Å². The highest BCUT2D eigenvalue weighted by Gasteiger charge is 2.26. The number of hydrogen-bond acceptors (Lipinski definition) is 4. The van der Waals surface area contributed by atoms with E-state index in [1.807, 2.05) is 53.9 Å². The number of carbonyl (C=O) groups is 2. The predicted octanol–water partition coefficient (Wildman–Crippen LogP) is 3.70. The molecule has 5 nitrogen and oxygen atoms in total. The average Bonchev–Trinajstić information content (AvgIpc) is 3.34. The Bertz CT molecular complexity index is 1040. The molecule has 0 fully saturated rings. The zero-order chi connectivity index (χ0) is 19.5. The minimum atomic E-state index is -0.497. The molecule has 1 aliphatic heterocycles. The third-order valence-corrected chi connectivity index (χ3v) is 5.40. The summed E-state index contributed by atoms with van der Waals surface area (Å²) < 4.78 is 0. The van der Waals surface area contributed by atoms with Gasteiger partial charge in [-0.3, -0.25) is 9.59 Å². The Hall–Kier alpha value is -3.22. The maximum atomic E-state index is 12.7. The van der Waals surface area contributed by atoms with Crippen LogP contribution in [0, 0.1) is 0 Å². The van der Waals surface area contributed by atoms with Crippen LogP contribution >= 0.6 is 11.3 Å². The van der Waals surface area contributed by atoms with Gasteiger partial charge >= 0.3 is 0 Å². The summed E-state index contributed by atoms with van der Waals surface area (Å²) in [6.45, 7) is -0.204. The number of hydrogen-bond donors (Lipinski definition) is 3. The van der Waals surface area contributed by atoms with Gasteiger partial charge in [-0.25, -0.2) is 0 Å². The monoisotopic (exact) mass is 390 g/mol. The molecule has 3 aromatic rings. The number of amides is 2. The van der Waals surface area contributed by atoms with E-state index in [-0.39, 0.29) is 18.4 Å². The highest BCUT2D eigenvalue weighted by Crippen LogP contribution is 2.34. The maximum absolute atomic E-state index is 12.7. The van der Waals surface area contributed by atoms with E-state index in [1.165, 1.54) is 0 Å². The van der Waals surface area contributed by atoms with Gasteiger partial charge in [-0.1, -0.05) is 36.4 Å². The van der Waals surface area contributed by atoms with Gasteiger partial charge in [0, 0.05) is 21.7 Å². The van der Waals surface area contributed by atoms with E-state index in [9.17, 15) is 14.7 Å². The van der Waals surface area contributed by atoms with E-state index in [4.69, 9.17) is 0 Å². The minimum absolute atomic E-state index is 0.182. The summed E-state index contributed by atoms with van der Waals surface area (Å²) in [7, 11) is 0. The van der Waals surface area contributed by atoms with Crippen LogP contribution in [0.2, 0.25) is 0 Å². The van der Waals surface area contributed by atoms with E-state index < -0.39 is 6.04 Å². The van der Waals surface area contributed by atoms with Crippen molar-refractivity contribution in [3.05, 3.63) is 87.6 Å². The predicted molar refractivity (Wildman–Crippen MR) is 111 cm³/mol. The topological polar surface area (TPSA) is 78.4 Å². The van der Waals surface area contributed by atoms with Crippen LogP contribution in [0.1, 0.15) is 32.4 Å². The SMILES string of the molecule is O=C1Nc2ccc(C(=O)N[C@H](CO)c3ccccc3)cc2/C1=C/c1cccs1. The molecule has 1 aliphatic rings. The molecule has 0 bridgehead atoms. The van der Waals surface area contributed by atoms with E-state index in [2.05, 4.69) is 10.6 Å². The summed E-state index contributed by atoms with van der Waals surface area (Å²) in [4.78, 5) is 26.1. The molecule has 28 heavy (non-hydrogen) atoms. The zero-order valence-electron chi connectivity index (χ0n) is 14.9. The van der Waals surface area contributed by atoms with Gasteiger partial charge in [0.15, 0.2) is 0 Å². The number of rotatable bonds is 5. The van der Waals surface area contributed by atoms with Crippen molar-refractivity contribution in [2.75, 3.05) is 11.9 Å². The molecule has 2 heterocycles. The van der Waals surface area contributed by atoms with Crippen LogP contribution in [-0.4, -0.2) is 23.5 Å². The van der Waals surface area contributed by atoms with Gasteiger partial charge in [0.05, 0.1) is 18.2 Å². The first-order chi connectivity index (χ1) is 13.7. The minimum Gasteiger partial charge on any atom is -0.394 e. The van der Waals surface area contributed by atoms with E-state index in [0.29, 0.717) is 22.4 Å². The fourth-order valence-corrected chi connectivity index (χ4v) is 3.81. The Balaban J connectivity index is 1.61. The largest absolute Gasteiger partial charge is 0.394 e. The van der Waals surface area contributed by atoms with Gasteiger partial charge in [-0.2, -0.15) is 0 Å². The van der Waals surface area contributed by atoms with Crippen LogP contribution < -0.4 is 10.6 Å². The van der Waals surface area contributed by atoms with E-state index in [0.717, 1.165) is 10.4 Å². The summed E-state index contributed by atoms with van der Waals surface area (Å²) in [5.74, 6) is -0.487. The molecular formula is C22H18N2O3S. The van der Waals surface area contributed by atoms with Gasteiger partial charge in [-0.15, -0.1) is 11.3 Å². The van der Waals surface area contributed by atoms with Crippen LogP contribution in [0.5, 0.6) is 0 Å². The van der Waals surface area contributed by atoms with Crippen LogP contribution in [0.15, 0.2) is 66.0 Å². The summed E-state index contributed by atoms with van der Waals surface area (Å²) in [5.41, 5.74) is 3.18. The fourth-order valence-electron chi connectivity index (χ4n) is 3.15. The first-order valence-electron chi connectivity index (χ1n) is 8.83. The van der Waals surface area contributed by atoms with Crippen molar-refractivity contribution in [2.24, 2.45) is 0 Å². The number of thiophene rings is 1. The molecule has 1 atom stereocenters. The van der Waals surface area contributed by atoms with Crippen molar-refractivity contribution >= 4 is 40.5 Å². The number of fused-ring (bicyclic) bond motifs is 1. The van der Waals surface area contributed by atoms with Gasteiger partial charge < -0.3 is 15.7 Å². The highest BCUT2D eigenvalue weighted by molar-refractivity contribution is 7.11. The molecule has 3 N–H and O–H groups in total. The molecule has 6 heteroatoms. The highest BCUT2D eigenvalue weighted by atomic mass is 32.1. The first kappa shape index (κ1) is 18.2. The number of nitrogens with one attached hydrogen (secondary N) is 2. The molecule has 0 unspecified atom stereocenters. The van der Waals surface area contributed by atoms with Crippen molar-refractivity contribution in [3.8, 4) is 0 Å². The van der Waals surface area contributed by atoms with Gasteiger partial charge in [0.25, 0.3) is 11.8 Å². The molecule has 140 valence electrons. The second kappa shape index (κ2) is 7.80. The second-order valence-electron chi connectivity index (χ2n) is 6.41. The molecule has 2 aromatic carbocycles. The summed E-state index contributed by atoms with van der Waals surface area (Å²) in [6.07, 6.45) is 1.83. The van der Waals surface area contributed by atoms with Gasteiger partial charge in [0.1, 0.15) is 0 Å². The van der Waals surface area contributed by atoms with E-state index >= 15 is 0 Å². The molecule has 4 rings (SSSR count). The molecule has 0 aliphatic carbocycles. The molecule has 0 saturated carbocycles. The molecule has 0 radical (unpaired) electrons. The Morgan fingerprint density at radius 3 is 2.68 bits per heavy atom. The lowest BCUT2D eigenvalue weighted by molar-refractivity contribution is -0.110. The van der Waals surface area contributed by atoms with Crippen molar-refractivity contribution in [1.29, 1.82) is 0 Å². The Kier molecular flexibility index (Phi) is 5.06. The molecule has 1 aromatic heterocycles. The number of aliphatic hydroxyl groups excluding tert-OH is 1. The Morgan fingerprint density at radius 1 is 1.14 bits per heavy atom. The molecule has 0 spiro atoms. The quantitative estimate of drug-likeness (QED) is 0.581. The molecule has 0 saturated heterocycles. The number of benzene rings is 2. The summed E-state index contributed by atoms with van der Waals surface area (Å²) in [5, 5.41) is 17.3. The Morgan fingerprint density at radius 2 is 1.96 bits per heavy atom. The number of carbonyl (C=O) groups excluding carboxylic acids is 2. The summed E-state index contributed by atoms with van der Waals surface area (Å²) in [6, 6.07) is 17.8. The molecular weight excluding hydrogens is 372 g/mol. The lowest BCUT2D eigenvalue weighted by Gasteiger charge is -2.17. The fraction of sp³-hybridized carbons (Fsp3) is 0.0909. The Labute approximate surface area is 166 Å². The second-order valence-corrected chi connectivity index (χ2v) is 7.39. The maximum Gasteiger partial charge on any atom is 0.256 e. The van der Waals surface area contributed by atoms with Crippen LogP contribution in [0.25, 0.3) is 11.6 Å². The van der Waals surface area contributed by atoms with Crippen molar-refractivity contribution < 1.29 is 14.7 Å². The smallest absolute Gasteiger partial charge is 0.256 e. The van der Waals surface area contributed by atoms with Gasteiger partial charge in [0.2, 0.25) is 0 Å². The summed E-state index contributed by atoms with van der Waals surface area (Å²) >= 11 is 1.54. The van der Waals surface area contributed by atoms with Crippen LogP contribution in [0.4, 0.5) is 5.69 Å². The van der Waals surface area contributed by atoms with Crippen molar-refractivity contribution in [1.82, 2.24) is 5.32 Å². The van der Waals surface area contributed by atoms with E-state index in [1.54, 1.807) is 29.5 Å². The standard InChI is InChI=1S/C22H18N2O3S/c25-13-20(14-5-2-1-3-6-14)24-21(26)15-8-9-19-17(11-15)18(22(27)23-19)12-16-7-4-10-28-16/h1-12,20,25H,13H2,(H,23,27)(H,24,26)/b18-12-/t20-/m1/s1. The number of anilines is 1.